The molecule has 0 aliphatic carbocycles. The van der Waals surface area contributed by atoms with Crippen LogP contribution in [0.1, 0.15) is 26.7 Å². The van der Waals surface area contributed by atoms with Gasteiger partial charge in [0.25, 0.3) is 0 Å². The Balaban J connectivity index is 2.47. The van der Waals surface area contributed by atoms with Gasteiger partial charge < -0.3 is 21.7 Å². The number of carbonyl (C=O) groups excluding carboxylic acids is 2. The number of hydrogen-bond acceptors (Lipinski definition) is 3. The Morgan fingerprint density at radius 2 is 1.65 bits per heavy atom. The molecule has 0 heterocycles. The first-order chi connectivity index (χ1) is 9.51. The number of benzene rings is 1. The summed E-state index contributed by atoms with van der Waals surface area (Å²) in [4.78, 5) is 23.0. The summed E-state index contributed by atoms with van der Waals surface area (Å²) in [7, 11) is 0. The maximum Gasteiger partial charge on any atom is 0.319 e. The van der Waals surface area contributed by atoms with Gasteiger partial charge in [-0.1, -0.05) is 0 Å². The smallest absolute Gasteiger partial charge is 0.319 e. The van der Waals surface area contributed by atoms with Crippen molar-refractivity contribution in [2.24, 2.45) is 5.73 Å². The van der Waals surface area contributed by atoms with Crippen LogP contribution >= 0.6 is 0 Å². The van der Waals surface area contributed by atoms with Gasteiger partial charge in [-0.3, -0.25) is 4.79 Å². The average molecular weight is 278 g/mol. The van der Waals surface area contributed by atoms with Gasteiger partial charge >= 0.3 is 6.03 Å². The SMILES string of the molecule is CC(C)NC(=O)Nc1ccc(NC(=O)CCCN)cc1. The van der Waals surface area contributed by atoms with Crippen molar-refractivity contribution in [1.29, 1.82) is 0 Å². The number of nitrogens with two attached hydrogens (primary N) is 1. The predicted molar refractivity (Wildman–Crippen MR) is 80.7 cm³/mol. The van der Waals surface area contributed by atoms with Gasteiger partial charge in [-0.05, 0) is 51.1 Å². The molecule has 110 valence electrons. The van der Waals surface area contributed by atoms with E-state index in [9.17, 15) is 9.59 Å². The van der Waals surface area contributed by atoms with E-state index in [1.165, 1.54) is 0 Å². The summed E-state index contributed by atoms with van der Waals surface area (Å²) in [6.45, 7) is 4.28. The van der Waals surface area contributed by atoms with Crippen molar-refractivity contribution in [2.45, 2.75) is 32.7 Å². The lowest BCUT2D eigenvalue weighted by molar-refractivity contribution is -0.116. The van der Waals surface area contributed by atoms with E-state index in [-0.39, 0.29) is 18.0 Å². The molecule has 6 nitrogen and oxygen atoms in total. The molecule has 0 aromatic heterocycles. The summed E-state index contributed by atoms with van der Waals surface area (Å²) in [5.74, 6) is -0.0614. The Morgan fingerprint density at radius 3 is 2.15 bits per heavy atom. The minimum Gasteiger partial charge on any atom is -0.336 e. The third-order valence-corrected chi connectivity index (χ3v) is 2.45. The van der Waals surface area contributed by atoms with Crippen molar-refractivity contribution >= 4 is 23.3 Å². The van der Waals surface area contributed by atoms with Crippen LogP contribution < -0.4 is 21.7 Å². The molecule has 0 saturated heterocycles. The summed E-state index contributed by atoms with van der Waals surface area (Å²) < 4.78 is 0. The number of nitrogens with one attached hydrogen (secondary N) is 3. The summed E-state index contributed by atoms with van der Waals surface area (Å²) in [5, 5.41) is 8.21. The third kappa shape index (κ3) is 6.19. The van der Waals surface area contributed by atoms with Crippen molar-refractivity contribution in [3.8, 4) is 0 Å². The lowest BCUT2D eigenvalue weighted by Crippen LogP contribution is -2.34. The van der Waals surface area contributed by atoms with Gasteiger partial charge in [0.2, 0.25) is 5.91 Å². The highest BCUT2D eigenvalue weighted by molar-refractivity contribution is 5.92. The topological polar surface area (TPSA) is 96.2 Å². The molecule has 0 bridgehead atoms. The molecule has 0 unspecified atom stereocenters. The van der Waals surface area contributed by atoms with Crippen molar-refractivity contribution in [1.82, 2.24) is 5.32 Å². The molecule has 1 rings (SSSR count). The second-order valence-electron chi connectivity index (χ2n) is 4.77. The summed E-state index contributed by atoms with van der Waals surface area (Å²) >= 11 is 0. The van der Waals surface area contributed by atoms with Crippen LogP contribution in [0, 0.1) is 0 Å². The molecule has 3 amide bonds. The number of amides is 3. The Kier molecular flexibility index (Phi) is 6.52. The zero-order valence-electron chi connectivity index (χ0n) is 11.9. The number of anilines is 2. The molecule has 0 spiro atoms. The first kappa shape index (κ1) is 16.0. The molecule has 20 heavy (non-hydrogen) atoms. The number of urea groups is 1. The standard InChI is InChI=1S/C14H22N4O2/c1-10(2)16-14(20)18-12-7-5-11(6-8-12)17-13(19)4-3-9-15/h5-8,10H,3-4,9,15H2,1-2H3,(H,17,19)(H2,16,18,20). The molecule has 0 aliphatic heterocycles. The molecule has 0 aliphatic rings. The molecule has 1 aromatic rings. The molecular formula is C14H22N4O2. The minimum atomic E-state index is -0.250. The van der Waals surface area contributed by atoms with Gasteiger partial charge in [0.15, 0.2) is 0 Å². The van der Waals surface area contributed by atoms with Gasteiger partial charge in [0.1, 0.15) is 0 Å². The highest BCUT2D eigenvalue weighted by Crippen LogP contribution is 2.13. The monoisotopic (exact) mass is 278 g/mol. The Morgan fingerprint density at radius 1 is 1.10 bits per heavy atom. The third-order valence-electron chi connectivity index (χ3n) is 2.45. The molecule has 0 atom stereocenters. The molecular weight excluding hydrogens is 256 g/mol. The first-order valence-electron chi connectivity index (χ1n) is 6.68. The Labute approximate surface area is 119 Å². The van der Waals surface area contributed by atoms with E-state index in [1.54, 1.807) is 24.3 Å². The van der Waals surface area contributed by atoms with E-state index < -0.39 is 0 Å². The maximum atomic E-state index is 11.5. The van der Waals surface area contributed by atoms with Crippen molar-refractivity contribution in [3.63, 3.8) is 0 Å². The average Bonchev–Trinajstić information content (AvgIpc) is 2.37. The zero-order chi connectivity index (χ0) is 15.0. The van der Waals surface area contributed by atoms with E-state index in [4.69, 9.17) is 5.73 Å². The lowest BCUT2D eigenvalue weighted by atomic mass is 10.2. The number of carbonyl (C=O) groups is 2. The van der Waals surface area contributed by atoms with E-state index in [0.29, 0.717) is 30.8 Å². The Hall–Kier alpha value is -2.08. The van der Waals surface area contributed by atoms with Gasteiger partial charge in [-0.2, -0.15) is 0 Å². The fourth-order valence-electron chi connectivity index (χ4n) is 1.55. The molecule has 0 saturated carbocycles. The van der Waals surface area contributed by atoms with E-state index in [2.05, 4.69) is 16.0 Å². The van der Waals surface area contributed by atoms with E-state index in [0.717, 1.165) is 0 Å². The predicted octanol–water partition coefficient (Wildman–Crippen LogP) is 1.89. The van der Waals surface area contributed by atoms with Gasteiger partial charge in [-0.25, -0.2) is 4.79 Å². The highest BCUT2D eigenvalue weighted by atomic mass is 16.2. The van der Waals surface area contributed by atoms with Gasteiger partial charge in [0, 0.05) is 23.8 Å². The largest absolute Gasteiger partial charge is 0.336 e. The van der Waals surface area contributed by atoms with Crippen LogP contribution in [-0.4, -0.2) is 24.5 Å². The molecule has 5 N–H and O–H groups in total. The second-order valence-corrected chi connectivity index (χ2v) is 4.77. The van der Waals surface area contributed by atoms with E-state index >= 15 is 0 Å². The van der Waals surface area contributed by atoms with Crippen molar-refractivity contribution in [2.75, 3.05) is 17.2 Å². The highest BCUT2D eigenvalue weighted by Gasteiger charge is 2.04. The van der Waals surface area contributed by atoms with Gasteiger partial charge in [0.05, 0.1) is 0 Å². The molecule has 6 heteroatoms. The number of hydrogen-bond donors (Lipinski definition) is 4. The van der Waals surface area contributed by atoms with Crippen LogP contribution in [0.4, 0.5) is 16.2 Å². The fraction of sp³-hybridized carbons (Fsp3) is 0.429. The number of rotatable bonds is 6. The van der Waals surface area contributed by atoms with Crippen molar-refractivity contribution < 1.29 is 9.59 Å². The van der Waals surface area contributed by atoms with Crippen LogP contribution in [0.5, 0.6) is 0 Å². The van der Waals surface area contributed by atoms with Crippen LogP contribution in [0.15, 0.2) is 24.3 Å². The Bertz CT molecular complexity index is 443. The van der Waals surface area contributed by atoms with E-state index in [1.807, 2.05) is 13.8 Å². The maximum absolute atomic E-state index is 11.5. The van der Waals surface area contributed by atoms with Crippen molar-refractivity contribution in [3.05, 3.63) is 24.3 Å². The normalized spacial score (nSPS) is 10.2. The summed E-state index contributed by atoms with van der Waals surface area (Å²) in [6, 6.07) is 6.78. The first-order valence-corrected chi connectivity index (χ1v) is 6.68. The molecule has 1 aromatic carbocycles. The fourth-order valence-corrected chi connectivity index (χ4v) is 1.55. The quantitative estimate of drug-likeness (QED) is 0.640. The molecule has 0 fully saturated rings. The second kappa shape index (κ2) is 8.16. The minimum absolute atomic E-state index is 0.0614. The summed E-state index contributed by atoms with van der Waals surface area (Å²) in [5.41, 5.74) is 6.71. The van der Waals surface area contributed by atoms with Crippen LogP contribution in [0.3, 0.4) is 0 Å². The van der Waals surface area contributed by atoms with Crippen LogP contribution in [0.25, 0.3) is 0 Å². The lowest BCUT2D eigenvalue weighted by Gasteiger charge is -2.11. The van der Waals surface area contributed by atoms with Crippen LogP contribution in [-0.2, 0) is 4.79 Å². The van der Waals surface area contributed by atoms with Gasteiger partial charge in [-0.15, -0.1) is 0 Å². The van der Waals surface area contributed by atoms with Crippen LogP contribution in [0.2, 0.25) is 0 Å². The molecule has 0 radical (unpaired) electrons. The zero-order valence-corrected chi connectivity index (χ0v) is 11.9. The summed E-state index contributed by atoms with van der Waals surface area (Å²) in [6.07, 6.45) is 1.08.